The fourth-order valence-electron chi connectivity index (χ4n) is 4.60. The van der Waals surface area contributed by atoms with Gasteiger partial charge in [-0.05, 0) is 42.2 Å². The summed E-state index contributed by atoms with van der Waals surface area (Å²) in [6, 6.07) is 22.5. The maximum atomic E-state index is 13.9. The molecule has 0 saturated carbocycles. The van der Waals surface area contributed by atoms with Crippen molar-refractivity contribution in [1.29, 1.82) is 0 Å². The van der Waals surface area contributed by atoms with Crippen molar-refractivity contribution in [2.75, 3.05) is 30.6 Å². The molecule has 5 rings (SSSR count). The van der Waals surface area contributed by atoms with Crippen molar-refractivity contribution in [3.05, 3.63) is 89.6 Å². The molecule has 6 heteroatoms. The first-order valence-electron chi connectivity index (χ1n) is 10.9. The van der Waals surface area contributed by atoms with Crippen LogP contribution in [0, 0.1) is 0 Å². The molecule has 166 valence electrons. The molecule has 0 bridgehead atoms. The largest absolute Gasteiger partial charge is 0.493 e. The predicted octanol–water partition coefficient (Wildman–Crippen LogP) is 4.44. The Hall–Kier alpha value is -4.06. The third-order valence-corrected chi connectivity index (χ3v) is 6.13. The quantitative estimate of drug-likeness (QED) is 0.549. The van der Waals surface area contributed by atoms with E-state index >= 15 is 0 Å². The van der Waals surface area contributed by atoms with E-state index in [2.05, 4.69) is 6.07 Å². The molecule has 0 radical (unpaired) electrons. The molecular weight excluding hydrogens is 416 g/mol. The summed E-state index contributed by atoms with van der Waals surface area (Å²) in [6.45, 7) is 0.668. The Morgan fingerprint density at radius 2 is 1.52 bits per heavy atom. The van der Waals surface area contributed by atoms with Crippen molar-refractivity contribution in [1.82, 2.24) is 0 Å². The number of rotatable bonds is 5. The second-order valence-electron chi connectivity index (χ2n) is 7.96. The first-order chi connectivity index (χ1) is 16.1. The molecule has 0 atom stereocenters. The average molecular weight is 440 g/mol. The van der Waals surface area contributed by atoms with E-state index in [0.717, 1.165) is 24.1 Å². The summed E-state index contributed by atoms with van der Waals surface area (Å²) in [6.07, 6.45) is 1.85. The minimum Gasteiger partial charge on any atom is -0.493 e. The van der Waals surface area contributed by atoms with Crippen LogP contribution in [0.25, 0.3) is 5.57 Å². The zero-order valence-corrected chi connectivity index (χ0v) is 18.6. The predicted molar refractivity (Wildman–Crippen MR) is 128 cm³/mol. The number of ether oxygens (including phenoxy) is 2. The summed E-state index contributed by atoms with van der Waals surface area (Å²) >= 11 is 0. The molecule has 6 nitrogen and oxygen atoms in total. The van der Waals surface area contributed by atoms with Crippen molar-refractivity contribution in [3.8, 4) is 11.5 Å². The van der Waals surface area contributed by atoms with E-state index in [1.807, 2.05) is 53.4 Å². The highest BCUT2D eigenvalue weighted by Crippen LogP contribution is 2.41. The maximum absolute atomic E-state index is 13.9. The van der Waals surface area contributed by atoms with Gasteiger partial charge in [0.05, 0.1) is 25.5 Å². The van der Waals surface area contributed by atoms with Crippen LogP contribution in [0.2, 0.25) is 0 Å². The zero-order chi connectivity index (χ0) is 22.9. The highest BCUT2D eigenvalue weighted by atomic mass is 16.5. The Balaban J connectivity index is 1.67. The van der Waals surface area contributed by atoms with Crippen LogP contribution < -0.4 is 19.3 Å². The number of hydrogen-bond donors (Lipinski definition) is 0. The van der Waals surface area contributed by atoms with Crippen LogP contribution in [0.3, 0.4) is 0 Å². The molecule has 2 amide bonds. The second-order valence-corrected chi connectivity index (χ2v) is 7.96. The SMILES string of the molecule is COc1ccc(N2C(=O)C(c3ccccc3)=C(N3CCCc4ccccc43)C2=O)cc1OC. The van der Waals surface area contributed by atoms with E-state index in [4.69, 9.17) is 9.47 Å². The van der Waals surface area contributed by atoms with Crippen LogP contribution in [-0.4, -0.2) is 32.6 Å². The highest BCUT2D eigenvalue weighted by Gasteiger charge is 2.43. The third kappa shape index (κ3) is 3.44. The van der Waals surface area contributed by atoms with Gasteiger partial charge < -0.3 is 14.4 Å². The number of nitrogens with zero attached hydrogens (tertiary/aromatic N) is 2. The summed E-state index contributed by atoms with van der Waals surface area (Å²) in [7, 11) is 3.07. The van der Waals surface area contributed by atoms with Gasteiger partial charge in [0.25, 0.3) is 11.8 Å². The normalized spacial score (nSPS) is 15.7. The number of carbonyl (C=O) groups excluding carboxylic acids is 2. The first-order valence-corrected chi connectivity index (χ1v) is 10.9. The van der Waals surface area contributed by atoms with Gasteiger partial charge in [0, 0.05) is 18.3 Å². The van der Waals surface area contributed by atoms with Crippen molar-refractivity contribution < 1.29 is 19.1 Å². The van der Waals surface area contributed by atoms with Gasteiger partial charge in [0.1, 0.15) is 5.70 Å². The Bertz CT molecular complexity index is 1270. The van der Waals surface area contributed by atoms with Gasteiger partial charge in [-0.2, -0.15) is 0 Å². The van der Waals surface area contributed by atoms with Gasteiger partial charge in [-0.1, -0.05) is 48.5 Å². The molecule has 0 saturated heterocycles. The maximum Gasteiger partial charge on any atom is 0.282 e. The summed E-state index contributed by atoms with van der Waals surface area (Å²) in [5.74, 6) is 0.287. The van der Waals surface area contributed by atoms with Crippen molar-refractivity contribution >= 4 is 28.8 Å². The molecule has 2 aliphatic rings. The molecule has 2 aliphatic heterocycles. The Kier molecular flexibility index (Phi) is 5.34. The minimum absolute atomic E-state index is 0.345. The standard InChI is InChI=1S/C27H24N2O4/c1-32-22-15-14-20(17-23(22)33-2)29-26(30)24(19-10-4-3-5-11-19)25(27(29)31)28-16-8-12-18-9-6-7-13-21(18)28/h3-7,9-11,13-15,17H,8,12,16H2,1-2H3. The molecule has 0 unspecified atom stereocenters. The lowest BCUT2D eigenvalue weighted by atomic mass is 9.98. The fourth-order valence-corrected chi connectivity index (χ4v) is 4.60. The number of anilines is 2. The fraction of sp³-hybridized carbons (Fsp3) is 0.185. The van der Waals surface area contributed by atoms with E-state index in [1.165, 1.54) is 17.6 Å². The number of methoxy groups -OCH3 is 2. The summed E-state index contributed by atoms with van der Waals surface area (Å²) in [5.41, 5.74) is 4.13. The van der Waals surface area contributed by atoms with Crippen LogP contribution in [0.4, 0.5) is 11.4 Å². The lowest BCUT2D eigenvalue weighted by molar-refractivity contribution is -0.120. The molecular formula is C27H24N2O4. The number of hydrogen-bond acceptors (Lipinski definition) is 5. The Morgan fingerprint density at radius 1 is 0.788 bits per heavy atom. The molecule has 0 aliphatic carbocycles. The number of amides is 2. The number of para-hydroxylation sites is 1. The molecule has 33 heavy (non-hydrogen) atoms. The van der Waals surface area contributed by atoms with Crippen LogP contribution in [0.15, 0.2) is 78.5 Å². The van der Waals surface area contributed by atoms with Gasteiger partial charge in [0.15, 0.2) is 11.5 Å². The van der Waals surface area contributed by atoms with Gasteiger partial charge in [-0.3, -0.25) is 9.59 Å². The van der Waals surface area contributed by atoms with E-state index < -0.39 is 0 Å². The van der Waals surface area contributed by atoms with Gasteiger partial charge in [0.2, 0.25) is 0 Å². The van der Waals surface area contributed by atoms with E-state index in [0.29, 0.717) is 35.0 Å². The number of aryl methyl sites for hydroxylation is 1. The molecule has 2 heterocycles. The highest BCUT2D eigenvalue weighted by molar-refractivity contribution is 6.46. The Morgan fingerprint density at radius 3 is 2.27 bits per heavy atom. The number of benzene rings is 3. The number of carbonyl (C=O) groups is 2. The van der Waals surface area contributed by atoms with E-state index in [-0.39, 0.29) is 11.8 Å². The summed E-state index contributed by atoms with van der Waals surface area (Å²) < 4.78 is 10.7. The van der Waals surface area contributed by atoms with Crippen molar-refractivity contribution in [3.63, 3.8) is 0 Å². The average Bonchev–Trinajstić information content (AvgIpc) is 3.13. The lowest BCUT2D eigenvalue weighted by Crippen LogP contribution is -2.37. The molecule has 3 aromatic carbocycles. The van der Waals surface area contributed by atoms with E-state index in [9.17, 15) is 9.59 Å². The van der Waals surface area contributed by atoms with Crippen LogP contribution in [-0.2, 0) is 16.0 Å². The molecule has 0 aromatic heterocycles. The minimum atomic E-state index is -0.350. The van der Waals surface area contributed by atoms with E-state index in [1.54, 1.807) is 25.3 Å². The van der Waals surface area contributed by atoms with Crippen molar-refractivity contribution in [2.24, 2.45) is 0 Å². The topological polar surface area (TPSA) is 59.1 Å². The van der Waals surface area contributed by atoms with Gasteiger partial charge in [-0.25, -0.2) is 4.90 Å². The van der Waals surface area contributed by atoms with Crippen LogP contribution in [0.5, 0.6) is 11.5 Å². The first kappa shape index (κ1) is 20.8. The molecule has 0 N–H and O–H groups in total. The van der Waals surface area contributed by atoms with Gasteiger partial charge >= 0.3 is 0 Å². The monoisotopic (exact) mass is 440 g/mol. The molecule has 0 fully saturated rings. The molecule has 3 aromatic rings. The summed E-state index contributed by atoms with van der Waals surface area (Å²) in [4.78, 5) is 30.9. The third-order valence-electron chi connectivity index (χ3n) is 6.13. The number of imide groups is 1. The zero-order valence-electron chi connectivity index (χ0n) is 18.6. The second kappa shape index (κ2) is 8.47. The summed E-state index contributed by atoms with van der Waals surface area (Å²) in [5, 5.41) is 0. The van der Waals surface area contributed by atoms with Gasteiger partial charge in [-0.15, -0.1) is 0 Å². The molecule has 0 spiro atoms. The Labute approximate surface area is 192 Å². The lowest BCUT2D eigenvalue weighted by Gasteiger charge is -2.32. The van der Waals surface area contributed by atoms with Crippen molar-refractivity contribution in [2.45, 2.75) is 12.8 Å². The smallest absolute Gasteiger partial charge is 0.282 e. The van der Waals surface area contributed by atoms with Crippen LogP contribution >= 0.6 is 0 Å². The number of fused-ring (bicyclic) bond motifs is 1. The van der Waals surface area contributed by atoms with Crippen LogP contribution in [0.1, 0.15) is 17.5 Å².